The second-order valence-electron chi connectivity index (χ2n) is 18.3. The summed E-state index contributed by atoms with van der Waals surface area (Å²) in [6.45, 7) is 5.08. The number of anilines is 2. The van der Waals surface area contributed by atoms with Crippen molar-refractivity contribution >= 4 is 52.3 Å². The van der Waals surface area contributed by atoms with Crippen LogP contribution in [0.5, 0.6) is 5.75 Å². The molecular weight excluding hydrogens is 957 g/mol. The van der Waals surface area contributed by atoms with E-state index in [1.54, 1.807) is 12.1 Å². The van der Waals surface area contributed by atoms with E-state index < -0.39 is 52.8 Å². The number of nitrogens with one attached hydrogen (secondary N) is 2. The van der Waals surface area contributed by atoms with Crippen LogP contribution in [-0.2, 0) is 14.3 Å². The van der Waals surface area contributed by atoms with Crippen LogP contribution in [0.3, 0.4) is 0 Å². The van der Waals surface area contributed by atoms with Gasteiger partial charge in [0.25, 0.3) is 11.8 Å². The molecule has 0 bridgehead atoms. The van der Waals surface area contributed by atoms with Crippen molar-refractivity contribution in [1.82, 2.24) is 35.3 Å². The summed E-state index contributed by atoms with van der Waals surface area (Å²) >= 11 is 0. The third-order valence-electron chi connectivity index (χ3n) is 13.5. The van der Waals surface area contributed by atoms with E-state index >= 15 is 0 Å². The Labute approximate surface area is 408 Å². The zero-order valence-corrected chi connectivity index (χ0v) is 38.9. The Hall–Kier alpha value is -7.30. The lowest BCUT2D eigenvalue weighted by atomic mass is 9.86. The first kappa shape index (κ1) is 51.1. The Bertz CT molecular complexity index is 2840. The van der Waals surface area contributed by atoms with Gasteiger partial charge in [-0.15, -0.1) is 0 Å². The van der Waals surface area contributed by atoms with Crippen LogP contribution in [0, 0.1) is 30.3 Å². The lowest BCUT2D eigenvalue weighted by Gasteiger charge is -2.37. The molecule has 3 aliphatic heterocycles. The number of aromatic hydroxyl groups is 1. The number of ether oxygens (including phenoxy) is 1. The van der Waals surface area contributed by atoms with Crippen molar-refractivity contribution in [3.8, 4) is 16.9 Å². The van der Waals surface area contributed by atoms with Gasteiger partial charge in [0, 0.05) is 86.5 Å². The smallest absolute Gasteiger partial charge is 0.490 e. The number of benzene rings is 3. The molecule has 0 atom stereocenters. The molecule has 9 rings (SSSR count). The zero-order valence-electron chi connectivity index (χ0n) is 38.9. The lowest BCUT2D eigenvalue weighted by Crippen LogP contribution is -2.50. The highest BCUT2D eigenvalue weighted by molar-refractivity contribution is 6.06. The van der Waals surface area contributed by atoms with Crippen molar-refractivity contribution in [2.45, 2.75) is 89.1 Å². The number of nitrogens with zero attached hydrogens (tertiary/aromatic N) is 7. The summed E-state index contributed by atoms with van der Waals surface area (Å²) in [6, 6.07) is 11.7. The van der Waals surface area contributed by atoms with E-state index in [9.17, 15) is 50.6 Å². The number of urea groups is 1. The number of phenolic OH excluding ortho intramolecular Hbond substituents is 1. The molecule has 3 aromatic carbocycles. The average Bonchev–Trinajstić information content (AvgIpc) is 3.81. The number of aryl methyl sites for hydroxylation is 1. The van der Waals surface area contributed by atoms with Crippen LogP contribution in [0.4, 0.5) is 42.8 Å². The number of likely N-dealkylation sites (tertiary alicyclic amines) is 1. The Morgan fingerprint density at radius 3 is 2.12 bits per heavy atom. The number of fused-ring (bicyclic) bond motifs is 1. The number of hydrogen-bond donors (Lipinski definition) is 4. The fourth-order valence-corrected chi connectivity index (χ4v) is 9.40. The Morgan fingerprint density at radius 1 is 0.833 bits per heavy atom. The molecule has 0 spiro atoms. The fraction of sp³-hybridized carbons (Fsp3) is 0.429. The second kappa shape index (κ2) is 21.6. The number of aliphatic carboxylic acids is 1. The van der Waals surface area contributed by atoms with Gasteiger partial charge in [0.2, 0.25) is 17.7 Å². The predicted octanol–water partition coefficient (Wildman–Crippen LogP) is 7.46. The quantitative estimate of drug-likeness (QED) is 0.0794. The molecule has 1 saturated carbocycles. The molecule has 5 aromatic rings. The molecule has 72 heavy (non-hydrogen) atoms. The van der Waals surface area contributed by atoms with Crippen molar-refractivity contribution in [2.75, 3.05) is 49.1 Å². The van der Waals surface area contributed by atoms with Gasteiger partial charge >= 0.3 is 18.2 Å². The van der Waals surface area contributed by atoms with Gasteiger partial charge in [0.05, 0.1) is 29.3 Å². The minimum absolute atomic E-state index is 0.0663. The fourth-order valence-electron chi connectivity index (χ4n) is 9.40. The molecule has 5 heterocycles. The standard InChI is InChI=1S/C47H50F3N9O6.C2HF3O2/c1-27-2-5-30(21-39(27)58-19-14-40(60)54-47(58)64)45(63)56-15-10-34(11-16-56)65-35-12-17-57(18-13-35)46-52-24-32(25-53-46)29-6-7-31-26-59(55-38(31)20-29)33-8-3-28(4-9-33)23-51-44(62)36-22-37(48)43(61)42(50)41(36)49;3-2(4,5)1(6)7/h2,5-7,20-22,24-26,28,33-35,61H,3-4,8-19,23H2,1H3,(H,51,62)(H,54,60,64);(H,6,7). The summed E-state index contributed by atoms with van der Waals surface area (Å²) in [5.74, 6) is -9.53. The van der Waals surface area contributed by atoms with Gasteiger partial charge in [-0.05, 0) is 99.6 Å². The number of phenols is 1. The van der Waals surface area contributed by atoms with E-state index in [0.29, 0.717) is 36.4 Å². The normalized spacial score (nSPS) is 19.2. The summed E-state index contributed by atoms with van der Waals surface area (Å²) in [4.78, 5) is 74.0. The number of imide groups is 1. The number of hydrogen-bond acceptors (Lipinski definition) is 11. The van der Waals surface area contributed by atoms with E-state index in [1.165, 1.54) is 4.90 Å². The number of carbonyl (C=O) groups is 5. The molecule has 4 aliphatic rings. The number of amides is 5. The van der Waals surface area contributed by atoms with Gasteiger partial charge < -0.3 is 30.1 Å². The summed E-state index contributed by atoms with van der Waals surface area (Å²) in [7, 11) is 0. The van der Waals surface area contributed by atoms with Crippen LogP contribution >= 0.6 is 0 Å². The maximum absolute atomic E-state index is 14.2. The van der Waals surface area contributed by atoms with Gasteiger partial charge in [0.1, 0.15) is 0 Å². The highest BCUT2D eigenvalue weighted by atomic mass is 19.4. The first-order valence-corrected chi connectivity index (χ1v) is 23.5. The van der Waals surface area contributed by atoms with Crippen molar-refractivity contribution in [3.63, 3.8) is 0 Å². The van der Waals surface area contributed by atoms with Crippen LogP contribution in [0.2, 0.25) is 0 Å². The predicted molar refractivity (Wildman–Crippen MR) is 248 cm³/mol. The maximum Gasteiger partial charge on any atom is 0.490 e. The van der Waals surface area contributed by atoms with E-state index in [0.717, 1.165) is 92.0 Å². The number of carboxylic acids is 1. The number of carboxylic acid groups (broad SMARTS) is 1. The summed E-state index contributed by atoms with van der Waals surface area (Å²) < 4.78 is 81.9. The van der Waals surface area contributed by atoms with Gasteiger partial charge in [-0.25, -0.2) is 28.3 Å². The number of halogens is 6. The van der Waals surface area contributed by atoms with E-state index in [4.69, 9.17) is 29.7 Å². The largest absolute Gasteiger partial charge is 0.503 e. The summed E-state index contributed by atoms with van der Waals surface area (Å²) in [5, 5.41) is 27.2. The molecule has 1 aliphatic carbocycles. The minimum atomic E-state index is -5.08. The third-order valence-corrected chi connectivity index (χ3v) is 13.5. The Balaban J connectivity index is 0.000000923. The van der Waals surface area contributed by atoms with Gasteiger partial charge in [-0.1, -0.05) is 18.2 Å². The van der Waals surface area contributed by atoms with Gasteiger partial charge in [-0.3, -0.25) is 29.3 Å². The molecule has 5 amide bonds. The number of carbonyl (C=O) groups excluding carboxylic acids is 4. The molecule has 17 nitrogen and oxygen atoms in total. The molecule has 382 valence electrons. The van der Waals surface area contributed by atoms with Crippen LogP contribution in [0.25, 0.3) is 22.0 Å². The topological polar surface area (TPSA) is 212 Å². The van der Waals surface area contributed by atoms with E-state index in [-0.39, 0.29) is 55.5 Å². The van der Waals surface area contributed by atoms with E-state index in [1.807, 2.05) is 59.4 Å². The number of alkyl halides is 3. The third kappa shape index (κ3) is 11.7. The lowest BCUT2D eigenvalue weighted by molar-refractivity contribution is -0.192. The average molecular weight is 1010 g/mol. The van der Waals surface area contributed by atoms with Crippen LogP contribution in [-0.4, -0.2) is 122 Å². The Morgan fingerprint density at radius 2 is 1.49 bits per heavy atom. The second-order valence-corrected chi connectivity index (χ2v) is 18.3. The minimum Gasteiger partial charge on any atom is -0.503 e. The zero-order chi connectivity index (χ0) is 51.4. The monoisotopic (exact) mass is 1010 g/mol. The highest BCUT2D eigenvalue weighted by Gasteiger charge is 2.38. The van der Waals surface area contributed by atoms with E-state index in [2.05, 4.69) is 15.5 Å². The molecule has 3 saturated heterocycles. The molecule has 0 unspecified atom stereocenters. The van der Waals surface area contributed by atoms with Crippen molar-refractivity contribution in [2.24, 2.45) is 5.92 Å². The van der Waals surface area contributed by atoms with Crippen molar-refractivity contribution in [3.05, 3.63) is 95.2 Å². The van der Waals surface area contributed by atoms with Crippen molar-refractivity contribution < 1.29 is 65.3 Å². The van der Waals surface area contributed by atoms with Gasteiger partial charge in [0.15, 0.2) is 17.4 Å². The number of piperidine rings is 2. The molecule has 4 fully saturated rings. The molecule has 2 aromatic heterocycles. The summed E-state index contributed by atoms with van der Waals surface area (Å²) in [6.07, 6.45) is 7.37. The molecule has 23 heteroatoms. The van der Waals surface area contributed by atoms with Crippen LogP contribution in [0.1, 0.15) is 90.1 Å². The molecular formula is C49H51F6N9O8. The van der Waals surface area contributed by atoms with Gasteiger partial charge in [-0.2, -0.15) is 22.7 Å². The number of rotatable bonds is 10. The SMILES string of the molecule is Cc1ccc(C(=O)N2CCC(OC3CCN(c4ncc(-c5ccc6cn(C7CCC(CNC(=O)c8cc(F)c(O)c(F)c8F)CC7)nc6c5)cn4)CC3)CC2)cc1N1CCC(=O)NC1=O.O=C(O)C(F)(F)F. The molecule has 4 N–H and O–H groups in total. The van der Waals surface area contributed by atoms with Crippen LogP contribution < -0.4 is 20.4 Å². The number of aromatic nitrogens is 4. The molecule has 0 radical (unpaired) electrons. The summed E-state index contributed by atoms with van der Waals surface area (Å²) in [5.41, 5.74) is 3.89. The Kier molecular flexibility index (Phi) is 15.3. The highest BCUT2D eigenvalue weighted by Crippen LogP contribution is 2.34. The first-order chi connectivity index (χ1) is 34.3. The first-order valence-electron chi connectivity index (χ1n) is 23.5. The maximum atomic E-state index is 14.2. The van der Waals surface area contributed by atoms with Crippen molar-refractivity contribution in [1.29, 1.82) is 0 Å². The van der Waals surface area contributed by atoms with Crippen LogP contribution in [0.15, 0.2) is 61.1 Å².